The van der Waals surface area contributed by atoms with E-state index in [0.29, 0.717) is 40.7 Å². The van der Waals surface area contributed by atoms with Crippen molar-refractivity contribution in [3.63, 3.8) is 0 Å². The average molecular weight is 525 g/mol. The first-order valence-corrected chi connectivity index (χ1v) is 13.0. The van der Waals surface area contributed by atoms with Gasteiger partial charge in [0.2, 0.25) is 0 Å². The van der Waals surface area contributed by atoms with Gasteiger partial charge in [0.05, 0.1) is 22.6 Å². The number of nitrogens with zero attached hydrogens (tertiary/aromatic N) is 6. The molecule has 180 valence electrons. The standard InChI is InChI=1S/C20H22Cl2N8O3S/c1-11(26-19(31)14-17(23)27-30-4-2-3-24-18(14)30)12-9-13(21)15-16(22)25-10-29(15)20(12)28-5-7-34(32,33)8-6-28/h2-4,9-11,32-33H,5-8H2,1H3,(H2,23,27)(H,26,31). The summed E-state index contributed by atoms with van der Waals surface area (Å²) in [7, 11) is -2.61. The second-order valence-corrected chi connectivity index (χ2v) is 11.3. The third-order valence-electron chi connectivity index (χ3n) is 5.86. The number of fused-ring (bicyclic) bond motifs is 2. The molecule has 5 rings (SSSR count). The maximum Gasteiger partial charge on any atom is 0.259 e. The molecule has 34 heavy (non-hydrogen) atoms. The van der Waals surface area contributed by atoms with Crippen LogP contribution < -0.4 is 16.0 Å². The third-order valence-corrected chi connectivity index (χ3v) is 8.09. The second kappa shape index (κ2) is 8.47. The lowest BCUT2D eigenvalue weighted by Gasteiger charge is -2.42. The predicted octanol–water partition coefficient (Wildman–Crippen LogP) is 3.33. The largest absolute Gasteiger partial charge is 0.381 e. The highest BCUT2D eigenvalue weighted by atomic mass is 35.5. The van der Waals surface area contributed by atoms with Crippen LogP contribution >= 0.6 is 33.8 Å². The summed E-state index contributed by atoms with van der Waals surface area (Å²) in [5, 5.41) is 7.74. The zero-order valence-electron chi connectivity index (χ0n) is 18.0. The van der Waals surface area contributed by atoms with Gasteiger partial charge in [0.25, 0.3) is 5.91 Å². The van der Waals surface area contributed by atoms with Gasteiger partial charge in [0.15, 0.2) is 16.6 Å². The molecule has 11 nitrogen and oxygen atoms in total. The third kappa shape index (κ3) is 3.91. The lowest BCUT2D eigenvalue weighted by Crippen LogP contribution is -2.40. The zero-order chi connectivity index (χ0) is 24.2. The molecule has 1 aliphatic rings. The van der Waals surface area contributed by atoms with Crippen molar-refractivity contribution in [1.29, 1.82) is 0 Å². The van der Waals surface area contributed by atoms with Crippen molar-refractivity contribution in [3.05, 3.63) is 52.2 Å². The molecule has 4 aromatic heterocycles. The summed E-state index contributed by atoms with van der Waals surface area (Å²) in [5.74, 6) is 0.832. The Kier molecular flexibility index (Phi) is 5.73. The number of nitrogens with two attached hydrogens (primary N) is 1. The fourth-order valence-corrected chi connectivity index (χ4v) is 5.98. The van der Waals surface area contributed by atoms with Gasteiger partial charge in [-0.3, -0.25) is 18.3 Å². The van der Waals surface area contributed by atoms with Gasteiger partial charge >= 0.3 is 0 Å². The summed E-state index contributed by atoms with van der Waals surface area (Å²) in [5.41, 5.74) is 7.78. The Labute approximate surface area is 205 Å². The molecule has 0 radical (unpaired) electrons. The number of imidazole rings is 1. The first kappa shape index (κ1) is 23.0. The minimum atomic E-state index is -2.61. The summed E-state index contributed by atoms with van der Waals surface area (Å²) < 4.78 is 23.4. The van der Waals surface area contributed by atoms with Crippen LogP contribution in [-0.2, 0) is 0 Å². The van der Waals surface area contributed by atoms with Crippen LogP contribution in [0.5, 0.6) is 0 Å². The zero-order valence-corrected chi connectivity index (χ0v) is 20.3. The van der Waals surface area contributed by atoms with Gasteiger partial charge in [-0.05, 0) is 19.1 Å². The number of rotatable bonds is 4. The summed E-state index contributed by atoms with van der Waals surface area (Å²) >= 11 is 12.8. The SMILES string of the molecule is CC(NC(=O)c1c(N)nn2cccnc12)c1cc(Cl)c2c(Cl)ncn2c1N1CCS(O)(O)CC1. The van der Waals surface area contributed by atoms with Crippen LogP contribution in [0.3, 0.4) is 0 Å². The fraction of sp³-hybridized carbons (Fsp3) is 0.300. The predicted molar refractivity (Wildman–Crippen MR) is 133 cm³/mol. The van der Waals surface area contributed by atoms with Crippen molar-refractivity contribution in [2.24, 2.45) is 0 Å². The number of aromatic nitrogens is 5. The molecule has 1 atom stereocenters. The van der Waals surface area contributed by atoms with Crippen molar-refractivity contribution < 1.29 is 13.9 Å². The van der Waals surface area contributed by atoms with E-state index in [1.54, 1.807) is 35.3 Å². The average Bonchev–Trinajstić information content (AvgIpc) is 3.33. The van der Waals surface area contributed by atoms with Crippen LogP contribution in [0.1, 0.15) is 28.9 Å². The van der Waals surface area contributed by atoms with Gasteiger partial charge in [-0.2, -0.15) is 10.6 Å². The molecule has 1 unspecified atom stereocenters. The van der Waals surface area contributed by atoms with Crippen molar-refractivity contribution in [2.45, 2.75) is 13.0 Å². The Morgan fingerprint density at radius 1 is 1.26 bits per heavy atom. The topological polar surface area (TPSA) is 146 Å². The van der Waals surface area contributed by atoms with Crippen molar-refractivity contribution in [2.75, 3.05) is 35.2 Å². The maximum atomic E-state index is 13.2. The molecule has 0 saturated carbocycles. The number of pyridine rings is 1. The Bertz CT molecular complexity index is 1410. The van der Waals surface area contributed by atoms with Crippen LogP contribution in [0.25, 0.3) is 11.2 Å². The maximum absolute atomic E-state index is 13.2. The van der Waals surface area contributed by atoms with E-state index in [0.717, 1.165) is 0 Å². The molecule has 1 aliphatic heterocycles. The highest BCUT2D eigenvalue weighted by molar-refractivity contribution is 8.24. The van der Waals surface area contributed by atoms with E-state index in [9.17, 15) is 13.9 Å². The number of anilines is 2. The highest BCUT2D eigenvalue weighted by Crippen LogP contribution is 2.43. The van der Waals surface area contributed by atoms with Crippen LogP contribution in [0, 0.1) is 0 Å². The molecular weight excluding hydrogens is 503 g/mol. The second-order valence-electron chi connectivity index (χ2n) is 8.07. The van der Waals surface area contributed by atoms with Gasteiger partial charge < -0.3 is 16.0 Å². The number of halogens is 2. The number of carbonyl (C=O) groups is 1. The first-order chi connectivity index (χ1) is 16.2. The molecule has 4 aromatic rings. The number of amides is 1. The van der Waals surface area contributed by atoms with E-state index in [1.165, 1.54) is 4.52 Å². The number of carbonyl (C=O) groups excluding carboxylic acids is 1. The van der Waals surface area contributed by atoms with Gasteiger partial charge in [-0.25, -0.2) is 14.5 Å². The lowest BCUT2D eigenvalue weighted by molar-refractivity contribution is 0.0942. The first-order valence-electron chi connectivity index (χ1n) is 10.4. The molecule has 1 fully saturated rings. The minimum absolute atomic E-state index is 0.0692. The summed E-state index contributed by atoms with van der Waals surface area (Å²) in [4.78, 5) is 23.6. The van der Waals surface area contributed by atoms with E-state index in [2.05, 4.69) is 20.4 Å². The lowest BCUT2D eigenvalue weighted by atomic mass is 10.1. The number of hydrogen-bond donors (Lipinski definition) is 4. The Morgan fingerprint density at radius 2 is 2.00 bits per heavy atom. The molecular formula is C20H22Cl2N8O3S. The Morgan fingerprint density at radius 3 is 2.74 bits per heavy atom. The minimum Gasteiger partial charge on any atom is -0.381 e. The van der Waals surface area contributed by atoms with Crippen molar-refractivity contribution >= 4 is 62.5 Å². The normalized spacial score (nSPS) is 17.7. The monoisotopic (exact) mass is 524 g/mol. The highest BCUT2D eigenvalue weighted by Gasteiger charge is 2.29. The van der Waals surface area contributed by atoms with Crippen molar-refractivity contribution in [1.82, 2.24) is 29.3 Å². The quantitative estimate of drug-likeness (QED) is 0.317. The van der Waals surface area contributed by atoms with Crippen molar-refractivity contribution in [3.8, 4) is 0 Å². The molecule has 0 bridgehead atoms. The summed E-state index contributed by atoms with van der Waals surface area (Å²) in [6.45, 7) is 2.64. The molecule has 5 N–H and O–H groups in total. The molecule has 1 saturated heterocycles. The number of hydrogen-bond acceptors (Lipinski definition) is 8. The summed E-state index contributed by atoms with van der Waals surface area (Å²) in [6, 6.07) is 2.93. The van der Waals surface area contributed by atoms with Gasteiger partial charge in [0, 0.05) is 31.0 Å². The van der Waals surface area contributed by atoms with E-state index < -0.39 is 22.5 Å². The van der Waals surface area contributed by atoms with E-state index >= 15 is 0 Å². The van der Waals surface area contributed by atoms with Crippen LogP contribution in [0.15, 0.2) is 30.9 Å². The molecule has 0 aliphatic carbocycles. The van der Waals surface area contributed by atoms with Gasteiger partial charge in [-0.1, -0.05) is 23.2 Å². The fourth-order valence-electron chi connectivity index (χ4n) is 4.17. The van der Waals surface area contributed by atoms with E-state index in [-0.39, 0.29) is 28.0 Å². The van der Waals surface area contributed by atoms with Crippen LogP contribution in [-0.4, -0.2) is 63.6 Å². The van der Waals surface area contributed by atoms with E-state index in [4.69, 9.17) is 28.9 Å². The van der Waals surface area contributed by atoms with Gasteiger partial charge in [0.1, 0.15) is 23.2 Å². The molecule has 5 heterocycles. The molecule has 14 heteroatoms. The number of nitrogen functional groups attached to an aromatic ring is 1. The smallest absolute Gasteiger partial charge is 0.259 e. The van der Waals surface area contributed by atoms with Gasteiger partial charge in [-0.15, -0.1) is 5.10 Å². The Hall–Kier alpha value is -2.77. The molecule has 1 amide bonds. The number of nitrogens with one attached hydrogen (secondary N) is 1. The molecule has 0 aromatic carbocycles. The van der Waals surface area contributed by atoms with E-state index in [1.807, 2.05) is 11.8 Å². The van der Waals surface area contributed by atoms with Crippen LogP contribution in [0.4, 0.5) is 11.6 Å². The summed E-state index contributed by atoms with van der Waals surface area (Å²) in [6.07, 6.45) is 4.79. The van der Waals surface area contributed by atoms with Crippen LogP contribution in [0.2, 0.25) is 10.2 Å². The Balaban J connectivity index is 1.55. The molecule has 0 spiro atoms.